The largest absolute Gasteiger partial charge is 0.481 e. The molecule has 4 atom stereocenters. The molecule has 126 valence electrons. The number of likely N-dealkylation sites (tertiary alicyclic amines) is 1. The normalized spacial score (nSPS) is 37.0. The van der Waals surface area contributed by atoms with Crippen LogP contribution in [-0.4, -0.2) is 45.8 Å². The number of allylic oxidation sites excluding steroid dienone is 4. The number of fused-ring (bicyclic) bond motifs is 2. The van der Waals surface area contributed by atoms with Crippen LogP contribution in [0.1, 0.15) is 32.1 Å². The molecule has 5 heterocycles. The van der Waals surface area contributed by atoms with Gasteiger partial charge in [0.15, 0.2) is 5.78 Å². The van der Waals surface area contributed by atoms with Crippen LogP contribution in [0.5, 0.6) is 0 Å². The average Bonchev–Trinajstić information content (AvgIpc) is 2.94. The van der Waals surface area contributed by atoms with Gasteiger partial charge in [-0.25, -0.2) is 0 Å². The van der Waals surface area contributed by atoms with E-state index < -0.39 is 5.97 Å². The summed E-state index contributed by atoms with van der Waals surface area (Å²) >= 11 is 0. The number of nitrogens with zero attached hydrogens (tertiary/aromatic N) is 2. The third-order valence-corrected chi connectivity index (χ3v) is 6.54. The van der Waals surface area contributed by atoms with Gasteiger partial charge in [-0.3, -0.25) is 9.59 Å². The second-order valence-corrected chi connectivity index (χ2v) is 7.77. The van der Waals surface area contributed by atoms with E-state index >= 15 is 0 Å². The van der Waals surface area contributed by atoms with Crippen molar-refractivity contribution < 1.29 is 14.7 Å². The topological polar surface area (TPSA) is 60.9 Å². The molecule has 0 amide bonds. The lowest BCUT2D eigenvalue weighted by Gasteiger charge is -2.44. The van der Waals surface area contributed by atoms with Crippen LogP contribution in [0.25, 0.3) is 0 Å². The quantitative estimate of drug-likeness (QED) is 0.842. The third kappa shape index (κ3) is 1.93. The van der Waals surface area contributed by atoms with Gasteiger partial charge in [-0.1, -0.05) is 12.8 Å². The summed E-state index contributed by atoms with van der Waals surface area (Å²) in [6, 6.07) is 0.358. The number of hydrogen-bond donors (Lipinski definition) is 1. The van der Waals surface area contributed by atoms with Crippen molar-refractivity contribution in [1.82, 2.24) is 9.80 Å². The number of Topliss-reactive ketones (excluding diaryl/α,β-unsaturated/α-hetero) is 1. The van der Waals surface area contributed by atoms with E-state index in [2.05, 4.69) is 28.0 Å². The molecule has 0 spiro atoms. The van der Waals surface area contributed by atoms with Gasteiger partial charge in [-0.15, -0.1) is 0 Å². The first-order valence-electron chi connectivity index (χ1n) is 9.05. The van der Waals surface area contributed by atoms with E-state index in [0.717, 1.165) is 37.1 Å². The minimum atomic E-state index is -0.647. The first-order chi connectivity index (χ1) is 11.6. The molecule has 4 bridgehead atoms. The van der Waals surface area contributed by atoms with Crippen molar-refractivity contribution in [3.05, 3.63) is 35.3 Å². The van der Waals surface area contributed by atoms with Gasteiger partial charge in [0.2, 0.25) is 0 Å². The summed E-state index contributed by atoms with van der Waals surface area (Å²) in [5.74, 6) is -0.256. The lowest BCUT2D eigenvalue weighted by molar-refractivity contribution is -0.142. The first-order valence-corrected chi connectivity index (χ1v) is 9.05. The lowest BCUT2D eigenvalue weighted by atomic mass is 9.79. The van der Waals surface area contributed by atoms with Crippen molar-refractivity contribution >= 4 is 11.8 Å². The SMILES string of the molecule is O=C1CN2C3=C[C@H]1CC2=CC(N1C[C@@H](C(=O)O)[C@@H]2CCCC[C@H]21)=C3. The Balaban J connectivity index is 1.49. The van der Waals surface area contributed by atoms with Gasteiger partial charge in [0.05, 0.1) is 12.5 Å². The van der Waals surface area contributed by atoms with Gasteiger partial charge >= 0.3 is 5.97 Å². The van der Waals surface area contributed by atoms with Crippen LogP contribution in [0.3, 0.4) is 0 Å². The monoisotopic (exact) mass is 326 g/mol. The summed E-state index contributed by atoms with van der Waals surface area (Å²) in [6.07, 6.45) is 11.7. The second-order valence-electron chi connectivity index (χ2n) is 7.77. The first kappa shape index (κ1) is 14.3. The van der Waals surface area contributed by atoms with Crippen LogP contribution in [-0.2, 0) is 9.59 Å². The van der Waals surface area contributed by atoms with E-state index in [9.17, 15) is 14.7 Å². The summed E-state index contributed by atoms with van der Waals surface area (Å²) in [4.78, 5) is 28.1. The number of carbonyl (C=O) groups is 2. The van der Waals surface area contributed by atoms with E-state index in [0.29, 0.717) is 24.9 Å². The zero-order chi connectivity index (χ0) is 16.4. The highest BCUT2D eigenvalue weighted by atomic mass is 16.4. The zero-order valence-corrected chi connectivity index (χ0v) is 13.6. The molecule has 5 aliphatic heterocycles. The Bertz CT molecular complexity index is 720. The van der Waals surface area contributed by atoms with Crippen LogP contribution in [0.4, 0.5) is 0 Å². The van der Waals surface area contributed by atoms with E-state index in [1.807, 2.05) is 0 Å². The fourth-order valence-electron chi connectivity index (χ4n) is 5.36. The number of carbonyl (C=O) groups excluding carboxylic acids is 1. The highest BCUT2D eigenvalue weighted by Gasteiger charge is 2.47. The molecule has 0 aromatic heterocycles. The van der Waals surface area contributed by atoms with Gasteiger partial charge in [0.25, 0.3) is 0 Å². The Morgan fingerprint density at radius 1 is 1.17 bits per heavy atom. The van der Waals surface area contributed by atoms with Crippen molar-refractivity contribution in [2.24, 2.45) is 17.8 Å². The van der Waals surface area contributed by atoms with Crippen molar-refractivity contribution in [3.8, 4) is 0 Å². The van der Waals surface area contributed by atoms with Gasteiger partial charge < -0.3 is 14.9 Å². The average molecular weight is 326 g/mol. The molecule has 5 nitrogen and oxygen atoms in total. The minimum absolute atomic E-state index is 0.0434. The highest BCUT2D eigenvalue weighted by Crippen LogP contribution is 2.45. The van der Waals surface area contributed by atoms with Crippen LogP contribution in [0.2, 0.25) is 0 Å². The van der Waals surface area contributed by atoms with Crippen molar-refractivity contribution in [3.63, 3.8) is 0 Å². The molecule has 3 fully saturated rings. The summed E-state index contributed by atoms with van der Waals surface area (Å²) in [7, 11) is 0. The van der Waals surface area contributed by atoms with Gasteiger partial charge in [0.1, 0.15) is 0 Å². The third-order valence-electron chi connectivity index (χ3n) is 6.54. The number of carboxylic acids is 1. The number of aliphatic carboxylic acids is 1. The maximum Gasteiger partial charge on any atom is 0.308 e. The van der Waals surface area contributed by atoms with E-state index in [1.54, 1.807) is 0 Å². The lowest BCUT2D eigenvalue weighted by Crippen LogP contribution is -2.45. The van der Waals surface area contributed by atoms with E-state index in [-0.39, 0.29) is 17.8 Å². The number of ketones is 1. The van der Waals surface area contributed by atoms with Crippen LogP contribution < -0.4 is 0 Å². The predicted octanol–water partition coefficient (Wildman–Crippen LogP) is 2.13. The molecule has 0 unspecified atom stereocenters. The second kappa shape index (κ2) is 4.98. The van der Waals surface area contributed by atoms with Crippen molar-refractivity contribution in [1.29, 1.82) is 0 Å². The molecule has 5 heteroatoms. The molecular weight excluding hydrogens is 304 g/mol. The van der Waals surface area contributed by atoms with Crippen LogP contribution in [0.15, 0.2) is 35.3 Å². The predicted molar refractivity (Wildman–Crippen MR) is 87.6 cm³/mol. The molecule has 6 aliphatic rings. The number of carboxylic acid groups (broad SMARTS) is 1. The number of hydrogen-bond acceptors (Lipinski definition) is 4. The Hall–Kier alpha value is -2.04. The maximum absolute atomic E-state index is 11.9. The Kier molecular flexibility index (Phi) is 2.97. The molecule has 24 heavy (non-hydrogen) atoms. The van der Waals surface area contributed by atoms with Gasteiger partial charge in [0, 0.05) is 42.0 Å². The Morgan fingerprint density at radius 2 is 2.00 bits per heavy atom. The summed E-state index contributed by atoms with van der Waals surface area (Å²) in [5.41, 5.74) is 3.51. The molecule has 1 N–H and O–H groups in total. The fraction of sp³-hybridized carbons (Fsp3) is 0.579. The standard InChI is InChI=1S/C19H22N2O3/c22-18-10-20-12-5-11(18)6-13(20)8-14(7-12)21-9-16(19(23)24)15-3-1-2-4-17(15)21/h5,7-8,11,15-17H,1-4,6,9-10H2,(H,23,24)/t11-,15-,16+,17+/m0/s1. The maximum atomic E-state index is 11.9. The van der Waals surface area contributed by atoms with Gasteiger partial charge in [-0.05, 0) is 37.0 Å². The fourth-order valence-corrected chi connectivity index (χ4v) is 5.36. The summed E-state index contributed by atoms with van der Waals surface area (Å²) in [5, 5.41) is 9.63. The van der Waals surface area contributed by atoms with E-state index in [1.165, 1.54) is 12.1 Å². The molecule has 1 saturated carbocycles. The Labute approximate surface area is 141 Å². The molecule has 0 aromatic rings. The summed E-state index contributed by atoms with van der Waals surface area (Å²) < 4.78 is 0. The van der Waals surface area contributed by atoms with E-state index in [4.69, 9.17) is 0 Å². The van der Waals surface area contributed by atoms with Crippen molar-refractivity contribution in [2.45, 2.75) is 38.1 Å². The molecule has 2 saturated heterocycles. The molecule has 6 rings (SSSR count). The number of rotatable bonds is 2. The van der Waals surface area contributed by atoms with Crippen LogP contribution >= 0.6 is 0 Å². The number of piperidine rings is 1. The van der Waals surface area contributed by atoms with Gasteiger partial charge in [-0.2, -0.15) is 0 Å². The smallest absolute Gasteiger partial charge is 0.308 e. The summed E-state index contributed by atoms with van der Waals surface area (Å²) in [6.45, 7) is 1.12. The molecule has 0 radical (unpaired) electrons. The molecule has 0 aromatic carbocycles. The van der Waals surface area contributed by atoms with Crippen LogP contribution in [0, 0.1) is 17.8 Å². The molecular formula is C19H22N2O3. The highest BCUT2D eigenvalue weighted by molar-refractivity contribution is 5.88. The Morgan fingerprint density at radius 3 is 2.75 bits per heavy atom. The minimum Gasteiger partial charge on any atom is -0.481 e. The zero-order valence-electron chi connectivity index (χ0n) is 13.6. The molecule has 1 aliphatic carbocycles. The van der Waals surface area contributed by atoms with Crippen molar-refractivity contribution in [2.75, 3.05) is 13.1 Å².